The zero-order valence-electron chi connectivity index (χ0n) is 10.6. The summed E-state index contributed by atoms with van der Waals surface area (Å²) in [5, 5.41) is 8.73. The van der Waals surface area contributed by atoms with E-state index in [0.29, 0.717) is 4.75 Å². The number of rotatable bonds is 6. The van der Waals surface area contributed by atoms with Gasteiger partial charge in [0.2, 0.25) is 0 Å². The topological polar surface area (TPSA) is 42.7 Å². The SMILES string of the molecule is CSC1(CNc2ncc(Cn3cc(Br)cn3)s2)CC1. The van der Waals surface area contributed by atoms with E-state index in [1.54, 1.807) is 17.5 Å². The molecular weight excluding hydrogens is 344 g/mol. The lowest BCUT2D eigenvalue weighted by Gasteiger charge is -2.11. The first-order chi connectivity index (χ1) is 9.19. The van der Waals surface area contributed by atoms with Gasteiger partial charge in [0.1, 0.15) is 0 Å². The molecule has 0 unspecified atom stereocenters. The van der Waals surface area contributed by atoms with Gasteiger partial charge in [0.15, 0.2) is 5.13 Å². The van der Waals surface area contributed by atoms with Crippen LogP contribution >= 0.6 is 39.0 Å². The highest BCUT2D eigenvalue weighted by Gasteiger charge is 2.41. The van der Waals surface area contributed by atoms with Crippen LogP contribution < -0.4 is 5.32 Å². The molecule has 7 heteroatoms. The number of hydrogen-bond acceptors (Lipinski definition) is 5. The van der Waals surface area contributed by atoms with E-state index in [-0.39, 0.29) is 0 Å². The molecule has 3 rings (SSSR count). The largest absolute Gasteiger partial charge is 0.360 e. The molecule has 2 heterocycles. The first kappa shape index (κ1) is 13.5. The zero-order valence-corrected chi connectivity index (χ0v) is 13.8. The van der Waals surface area contributed by atoms with Gasteiger partial charge in [-0.05, 0) is 35.0 Å². The van der Waals surface area contributed by atoms with Crippen molar-refractivity contribution in [2.24, 2.45) is 0 Å². The average molecular weight is 359 g/mol. The molecule has 0 spiro atoms. The summed E-state index contributed by atoms with van der Waals surface area (Å²) in [7, 11) is 0. The van der Waals surface area contributed by atoms with Gasteiger partial charge in [-0.3, -0.25) is 4.68 Å². The summed E-state index contributed by atoms with van der Waals surface area (Å²) < 4.78 is 3.38. The second kappa shape index (κ2) is 5.46. The number of thioether (sulfide) groups is 1. The minimum absolute atomic E-state index is 0.471. The predicted molar refractivity (Wildman–Crippen MR) is 85.1 cm³/mol. The summed E-state index contributed by atoms with van der Waals surface area (Å²) >= 11 is 7.07. The Kier molecular flexibility index (Phi) is 3.86. The number of halogens is 1. The average Bonchev–Trinajstić information content (AvgIpc) is 2.87. The molecule has 2 aromatic rings. The third-order valence-electron chi connectivity index (χ3n) is 3.28. The molecule has 1 saturated carbocycles. The lowest BCUT2D eigenvalue weighted by molar-refractivity contribution is 0.693. The zero-order chi connectivity index (χ0) is 13.3. The van der Waals surface area contributed by atoms with Crippen LogP contribution in [0.2, 0.25) is 0 Å². The summed E-state index contributed by atoms with van der Waals surface area (Å²) in [6.45, 7) is 1.80. The van der Waals surface area contributed by atoms with Crippen molar-refractivity contribution in [3.05, 3.63) is 27.9 Å². The van der Waals surface area contributed by atoms with Crippen molar-refractivity contribution in [3.63, 3.8) is 0 Å². The molecule has 1 aliphatic rings. The second-order valence-electron chi connectivity index (χ2n) is 4.73. The monoisotopic (exact) mass is 358 g/mol. The van der Waals surface area contributed by atoms with Gasteiger partial charge >= 0.3 is 0 Å². The van der Waals surface area contributed by atoms with Crippen molar-refractivity contribution in [1.82, 2.24) is 14.8 Å². The molecule has 0 atom stereocenters. The van der Waals surface area contributed by atoms with Crippen molar-refractivity contribution in [2.75, 3.05) is 18.1 Å². The van der Waals surface area contributed by atoms with Gasteiger partial charge in [-0.25, -0.2) is 4.98 Å². The quantitative estimate of drug-likeness (QED) is 0.858. The fraction of sp³-hybridized carbons (Fsp3) is 0.500. The third-order valence-corrected chi connectivity index (χ3v) is 6.04. The molecule has 102 valence electrons. The minimum Gasteiger partial charge on any atom is -0.360 e. The van der Waals surface area contributed by atoms with Gasteiger partial charge < -0.3 is 5.32 Å². The summed E-state index contributed by atoms with van der Waals surface area (Å²) in [5.41, 5.74) is 0. The number of hydrogen-bond donors (Lipinski definition) is 1. The molecule has 0 amide bonds. The molecule has 1 aliphatic carbocycles. The van der Waals surface area contributed by atoms with Crippen LogP contribution in [0.3, 0.4) is 0 Å². The van der Waals surface area contributed by atoms with Gasteiger partial charge in [-0.1, -0.05) is 0 Å². The Morgan fingerprint density at radius 1 is 1.53 bits per heavy atom. The molecular formula is C12H15BrN4S2. The number of anilines is 1. The molecule has 0 radical (unpaired) electrons. The first-order valence-corrected chi connectivity index (χ1v) is 8.94. The fourth-order valence-corrected chi connectivity index (χ4v) is 3.73. The molecule has 1 fully saturated rings. The van der Waals surface area contributed by atoms with Crippen LogP contribution in [0.5, 0.6) is 0 Å². The van der Waals surface area contributed by atoms with Crippen LogP contribution in [0.1, 0.15) is 17.7 Å². The predicted octanol–water partition coefficient (Wildman–Crippen LogP) is 3.46. The molecule has 0 saturated heterocycles. The van der Waals surface area contributed by atoms with Crippen molar-refractivity contribution in [2.45, 2.75) is 24.1 Å². The highest BCUT2D eigenvalue weighted by Crippen LogP contribution is 2.47. The van der Waals surface area contributed by atoms with Crippen LogP contribution in [0.4, 0.5) is 5.13 Å². The van der Waals surface area contributed by atoms with E-state index in [1.807, 2.05) is 28.8 Å². The van der Waals surface area contributed by atoms with Gasteiger partial charge in [-0.2, -0.15) is 16.9 Å². The van der Waals surface area contributed by atoms with Gasteiger partial charge in [0.05, 0.1) is 17.2 Å². The normalized spacial score (nSPS) is 16.5. The van der Waals surface area contributed by atoms with Crippen LogP contribution in [0.25, 0.3) is 0 Å². The first-order valence-electron chi connectivity index (χ1n) is 6.11. The Hall–Kier alpha value is -0.530. The maximum Gasteiger partial charge on any atom is 0.182 e. The molecule has 2 aromatic heterocycles. The van der Waals surface area contributed by atoms with Gasteiger partial charge in [0, 0.05) is 28.6 Å². The summed E-state index contributed by atoms with van der Waals surface area (Å²) in [5.74, 6) is 0. The van der Waals surface area contributed by atoms with Gasteiger partial charge in [-0.15, -0.1) is 11.3 Å². The van der Waals surface area contributed by atoms with E-state index >= 15 is 0 Å². The Balaban J connectivity index is 1.57. The molecule has 0 bridgehead atoms. The Labute approximate surface area is 129 Å². The number of aromatic nitrogens is 3. The standard InChI is InChI=1S/C12H15BrN4S2/c1-18-12(2-3-12)8-15-11-14-5-10(19-11)7-17-6-9(13)4-16-17/h4-6H,2-3,7-8H2,1H3,(H,14,15). The summed E-state index contributed by atoms with van der Waals surface area (Å²) in [6.07, 6.45) is 10.5. The third kappa shape index (κ3) is 3.32. The molecule has 19 heavy (non-hydrogen) atoms. The maximum absolute atomic E-state index is 4.43. The smallest absolute Gasteiger partial charge is 0.182 e. The van der Waals surface area contributed by atoms with Gasteiger partial charge in [0.25, 0.3) is 0 Å². The molecule has 4 nitrogen and oxygen atoms in total. The van der Waals surface area contributed by atoms with E-state index in [0.717, 1.165) is 22.7 Å². The highest BCUT2D eigenvalue weighted by atomic mass is 79.9. The maximum atomic E-state index is 4.43. The molecule has 0 aliphatic heterocycles. The Morgan fingerprint density at radius 2 is 2.37 bits per heavy atom. The van der Waals surface area contributed by atoms with E-state index in [4.69, 9.17) is 0 Å². The van der Waals surface area contributed by atoms with Crippen molar-refractivity contribution in [3.8, 4) is 0 Å². The Bertz CT molecular complexity index is 562. The van der Waals surface area contributed by atoms with Crippen LogP contribution in [-0.4, -0.2) is 32.3 Å². The van der Waals surface area contributed by atoms with E-state index in [9.17, 15) is 0 Å². The molecule has 1 N–H and O–H groups in total. The van der Waals surface area contributed by atoms with E-state index in [2.05, 4.69) is 37.6 Å². The number of nitrogens with one attached hydrogen (secondary N) is 1. The molecule has 0 aromatic carbocycles. The summed E-state index contributed by atoms with van der Waals surface area (Å²) in [6, 6.07) is 0. The minimum atomic E-state index is 0.471. The van der Waals surface area contributed by atoms with E-state index < -0.39 is 0 Å². The lowest BCUT2D eigenvalue weighted by Crippen LogP contribution is -2.17. The fourth-order valence-electron chi connectivity index (χ4n) is 1.88. The van der Waals surface area contributed by atoms with Crippen LogP contribution in [-0.2, 0) is 6.54 Å². The Morgan fingerprint density at radius 3 is 3.00 bits per heavy atom. The van der Waals surface area contributed by atoms with Crippen molar-refractivity contribution in [1.29, 1.82) is 0 Å². The second-order valence-corrected chi connectivity index (χ2v) is 8.03. The summed E-state index contributed by atoms with van der Waals surface area (Å²) in [4.78, 5) is 5.64. The highest BCUT2D eigenvalue weighted by molar-refractivity contribution is 9.10. The lowest BCUT2D eigenvalue weighted by atomic mass is 10.4. The van der Waals surface area contributed by atoms with Crippen LogP contribution in [0, 0.1) is 0 Å². The van der Waals surface area contributed by atoms with Crippen molar-refractivity contribution >= 4 is 44.2 Å². The number of nitrogens with zero attached hydrogens (tertiary/aromatic N) is 3. The van der Waals surface area contributed by atoms with Crippen LogP contribution in [0.15, 0.2) is 23.1 Å². The number of thiazole rings is 1. The van der Waals surface area contributed by atoms with E-state index in [1.165, 1.54) is 17.7 Å². The van der Waals surface area contributed by atoms with Crippen molar-refractivity contribution < 1.29 is 0 Å².